The van der Waals surface area contributed by atoms with Gasteiger partial charge in [0.25, 0.3) is 0 Å². The van der Waals surface area contributed by atoms with Crippen LogP contribution in [0.25, 0.3) is 11.0 Å². The van der Waals surface area contributed by atoms with Gasteiger partial charge in [0.2, 0.25) is 0 Å². The van der Waals surface area contributed by atoms with Gasteiger partial charge in [-0.05, 0) is 49.9 Å². The van der Waals surface area contributed by atoms with E-state index in [1.165, 1.54) is 5.69 Å². The van der Waals surface area contributed by atoms with E-state index < -0.39 is 0 Å². The Hall–Kier alpha value is -2.99. The highest BCUT2D eigenvalue weighted by molar-refractivity contribution is 5.84. The zero-order chi connectivity index (χ0) is 23.9. The first-order valence-corrected chi connectivity index (χ1v) is 12.4. The smallest absolute Gasteiger partial charge is 0.339 e. The topological polar surface area (TPSA) is 55.1 Å². The third kappa shape index (κ3) is 5.55. The largest absolute Gasteiger partial charge is 0.493 e. The molecule has 3 aromatic rings. The lowest BCUT2D eigenvalue weighted by atomic mass is 10.0. The SMILES string of the molecule is CCCCc1c(C)c2cc(OCCCN3CCN(c4ccccc4)CC3)c(OC)cc2oc1=O. The Morgan fingerprint density at radius 2 is 1.76 bits per heavy atom. The molecule has 0 saturated carbocycles. The number of anilines is 1. The normalized spacial score (nSPS) is 14.5. The molecular weight excluding hydrogens is 428 g/mol. The highest BCUT2D eigenvalue weighted by atomic mass is 16.5. The maximum atomic E-state index is 12.5. The predicted molar refractivity (Wildman–Crippen MR) is 138 cm³/mol. The van der Waals surface area contributed by atoms with Crippen LogP contribution < -0.4 is 20.0 Å². The summed E-state index contributed by atoms with van der Waals surface area (Å²) in [5, 5.41) is 0.915. The van der Waals surface area contributed by atoms with E-state index in [-0.39, 0.29) is 5.63 Å². The molecule has 6 nitrogen and oxygen atoms in total. The molecule has 1 fully saturated rings. The van der Waals surface area contributed by atoms with Crippen molar-refractivity contribution in [1.29, 1.82) is 0 Å². The summed E-state index contributed by atoms with van der Waals surface area (Å²) in [6, 6.07) is 14.3. The van der Waals surface area contributed by atoms with E-state index in [0.717, 1.165) is 74.9 Å². The average Bonchev–Trinajstić information content (AvgIpc) is 2.87. The Bertz CT molecular complexity index is 1130. The quantitative estimate of drug-likeness (QED) is 0.309. The molecule has 1 aromatic heterocycles. The van der Waals surface area contributed by atoms with Gasteiger partial charge in [0, 0.05) is 55.4 Å². The number of methoxy groups -OCH3 is 1. The van der Waals surface area contributed by atoms with Crippen LogP contribution in [0.3, 0.4) is 0 Å². The average molecular weight is 465 g/mol. The van der Waals surface area contributed by atoms with Crippen LogP contribution in [-0.4, -0.2) is 51.3 Å². The highest BCUT2D eigenvalue weighted by Crippen LogP contribution is 2.34. The van der Waals surface area contributed by atoms with Gasteiger partial charge in [-0.2, -0.15) is 0 Å². The fourth-order valence-corrected chi connectivity index (χ4v) is 4.65. The van der Waals surface area contributed by atoms with Gasteiger partial charge in [-0.15, -0.1) is 0 Å². The van der Waals surface area contributed by atoms with Crippen molar-refractivity contribution in [3.63, 3.8) is 0 Å². The van der Waals surface area contributed by atoms with Gasteiger partial charge in [0.05, 0.1) is 13.7 Å². The number of piperazine rings is 1. The maximum Gasteiger partial charge on any atom is 0.339 e. The molecule has 0 spiro atoms. The number of rotatable bonds is 10. The van der Waals surface area contributed by atoms with Gasteiger partial charge in [-0.3, -0.25) is 4.90 Å². The van der Waals surface area contributed by atoms with E-state index >= 15 is 0 Å². The van der Waals surface area contributed by atoms with Gasteiger partial charge in [0.15, 0.2) is 11.5 Å². The molecule has 182 valence electrons. The van der Waals surface area contributed by atoms with E-state index in [1.807, 2.05) is 13.0 Å². The van der Waals surface area contributed by atoms with E-state index in [0.29, 0.717) is 23.7 Å². The molecule has 0 radical (unpaired) electrons. The van der Waals surface area contributed by atoms with Crippen molar-refractivity contribution in [2.75, 3.05) is 51.3 Å². The summed E-state index contributed by atoms with van der Waals surface area (Å²) in [6.07, 6.45) is 3.68. The second kappa shape index (κ2) is 11.4. The third-order valence-electron chi connectivity index (χ3n) is 6.72. The first kappa shape index (κ1) is 24.1. The summed E-state index contributed by atoms with van der Waals surface area (Å²) in [5.41, 5.74) is 3.34. The summed E-state index contributed by atoms with van der Waals surface area (Å²) in [5.74, 6) is 1.29. The van der Waals surface area contributed by atoms with Crippen LogP contribution in [0.2, 0.25) is 0 Å². The molecule has 2 heterocycles. The van der Waals surface area contributed by atoms with Crippen LogP contribution in [0, 0.1) is 6.92 Å². The lowest BCUT2D eigenvalue weighted by Gasteiger charge is -2.36. The number of aryl methyl sites for hydroxylation is 1. The summed E-state index contributed by atoms with van der Waals surface area (Å²) < 4.78 is 17.3. The standard InChI is InChI=1S/C28H36N2O4/c1-4-5-12-23-21(2)24-19-27(26(32-3)20-25(24)34-28(23)31)33-18-9-13-29-14-16-30(17-15-29)22-10-7-6-8-11-22/h6-8,10-11,19-20H,4-5,9,12-18H2,1-3H3. The summed E-state index contributed by atoms with van der Waals surface area (Å²) in [7, 11) is 1.61. The summed E-state index contributed by atoms with van der Waals surface area (Å²) in [6.45, 7) is 9.96. The molecule has 0 aliphatic carbocycles. The molecule has 0 amide bonds. The van der Waals surface area contributed by atoms with E-state index in [4.69, 9.17) is 13.9 Å². The van der Waals surface area contributed by atoms with Crippen molar-refractivity contribution < 1.29 is 13.9 Å². The van der Waals surface area contributed by atoms with E-state index in [9.17, 15) is 4.79 Å². The van der Waals surface area contributed by atoms with Crippen molar-refractivity contribution in [2.45, 2.75) is 39.5 Å². The molecule has 0 unspecified atom stereocenters. The number of fused-ring (bicyclic) bond motifs is 1. The van der Waals surface area contributed by atoms with Crippen molar-refractivity contribution in [3.8, 4) is 11.5 Å². The van der Waals surface area contributed by atoms with Crippen molar-refractivity contribution >= 4 is 16.7 Å². The first-order valence-electron chi connectivity index (χ1n) is 12.4. The van der Waals surface area contributed by atoms with E-state index in [1.54, 1.807) is 13.2 Å². The number of benzene rings is 2. The van der Waals surface area contributed by atoms with Gasteiger partial charge >= 0.3 is 5.63 Å². The molecule has 1 aliphatic heterocycles. The third-order valence-corrected chi connectivity index (χ3v) is 6.72. The number of hydrogen-bond acceptors (Lipinski definition) is 6. The number of nitrogens with zero attached hydrogens (tertiary/aromatic N) is 2. The zero-order valence-corrected chi connectivity index (χ0v) is 20.6. The second-order valence-corrected chi connectivity index (χ2v) is 8.96. The highest BCUT2D eigenvalue weighted by Gasteiger charge is 2.18. The van der Waals surface area contributed by atoms with Crippen LogP contribution >= 0.6 is 0 Å². The van der Waals surface area contributed by atoms with Crippen molar-refractivity contribution in [1.82, 2.24) is 4.90 Å². The van der Waals surface area contributed by atoms with Gasteiger partial charge in [-0.25, -0.2) is 4.79 Å². The van der Waals surface area contributed by atoms with Gasteiger partial charge in [0.1, 0.15) is 5.58 Å². The lowest BCUT2D eigenvalue weighted by Crippen LogP contribution is -2.46. The molecule has 0 bridgehead atoms. The minimum atomic E-state index is -0.249. The number of hydrogen-bond donors (Lipinski definition) is 0. The zero-order valence-electron chi connectivity index (χ0n) is 20.6. The molecule has 34 heavy (non-hydrogen) atoms. The number of unbranched alkanes of at least 4 members (excludes halogenated alkanes) is 1. The minimum absolute atomic E-state index is 0.249. The Morgan fingerprint density at radius 3 is 2.47 bits per heavy atom. The molecular formula is C28H36N2O4. The Balaban J connectivity index is 1.35. The molecule has 0 N–H and O–H groups in total. The predicted octanol–water partition coefficient (Wildman–Crippen LogP) is 5.04. The van der Waals surface area contributed by atoms with Crippen LogP contribution in [0.4, 0.5) is 5.69 Å². The Morgan fingerprint density at radius 1 is 1.00 bits per heavy atom. The van der Waals surface area contributed by atoms with Crippen molar-refractivity contribution in [3.05, 3.63) is 64.0 Å². The van der Waals surface area contributed by atoms with Gasteiger partial charge in [-0.1, -0.05) is 31.5 Å². The summed E-state index contributed by atoms with van der Waals surface area (Å²) >= 11 is 0. The Labute approximate surface area is 202 Å². The van der Waals surface area contributed by atoms with Crippen LogP contribution in [0.15, 0.2) is 51.7 Å². The fraction of sp³-hybridized carbons (Fsp3) is 0.464. The molecule has 1 saturated heterocycles. The van der Waals surface area contributed by atoms with Crippen LogP contribution in [-0.2, 0) is 6.42 Å². The second-order valence-electron chi connectivity index (χ2n) is 8.96. The van der Waals surface area contributed by atoms with Crippen LogP contribution in [0.5, 0.6) is 11.5 Å². The molecule has 2 aromatic carbocycles. The van der Waals surface area contributed by atoms with Gasteiger partial charge < -0.3 is 18.8 Å². The monoisotopic (exact) mass is 464 g/mol. The first-order chi connectivity index (χ1) is 16.6. The summed E-state index contributed by atoms with van der Waals surface area (Å²) in [4.78, 5) is 17.4. The minimum Gasteiger partial charge on any atom is -0.493 e. The molecule has 4 rings (SSSR count). The molecule has 1 aliphatic rings. The maximum absolute atomic E-state index is 12.5. The molecule has 6 heteroatoms. The lowest BCUT2D eigenvalue weighted by molar-refractivity contribution is 0.221. The molecule has 0 atom stereocenters. The number of para-hydroxylation sites is 1. The fourth-order valence-electron chi connectivity index (χ4n) is 4.65. The van der Waals surface area contributed by atoms with Crippen LogP contribution in [0.1, 0.15) is 37.3 Å². The van der Waals surface area contributed by atoms with Crippen molar-refractivity contribution in [2.24, 2.45) is 0 Å². The number of ether oxygens (including phenoxy) is 2. The van der Waals surface area contributed by atoms with E-state index in [2.05, 4.69) is 47.1 Å². The Kier molecular flexibility index (Phi) is 8.12.